The monoisotopic (exact) mass is 338 g/mol. The van der Waals surface area contributed by atoms with Crippen molar-refractivity contribution in [2.24, 2.45) is 0 Å². The number of allylic oxidation sites excluding steroid dienone is 5. The van der Waals surface area contributed by atoms with Gasteiger partial charge in [-0.15, -0.1) is 0 Å². The van der Waals surface area contributed by atoms with Crippen molar-refractivity contribution in [3.63, 3.8) is 0 Å². The summed E-state index contributed by atoms with van der Waals surface area (Å²) in [5.74, 6) is -0.339. The second-order valence-corrected chi connectivity index (χ2v) is 12.1. The van der Waals surface area contributed by atoms with Crippen LogP contribution in [-0.2, 0) is 14.0 Å². The highest BCUT2D eigenvalue weighted by molar-refractivity contribution is 6.74. The molecule has 0 fully saturated rings. The Balaban J connectivity index is 3.95. The van der Waals surface area contributed by atoms with Crippen molar-refractivity contribution < 1.29 is 14.0 Å². The predicted octanol–water partition coefficient (Wildman–Crippen LogP) is 5.41. The quantitative estimate of drug-likeness (QED) is 0.185. The highest BCUT2D eigenvalue weighted by atomic mass is 28.4. The fourth-order valence-corrected chi connectivity index (χ4v) is 3.24. The van der Waals surface area contributed by atoms with Crippen molar-refractivity contribution in [1.82, 2.24) is 0 Å². The average Bonchev–Trinajstić information content (AvgIpc) is 2.43. The van der Waals surface area contributed by atoms with Crippen LogP contribution in [0, 0.1) is 0 Å². The van der Waals surface area contributed by atoms with Gasteiger partial charge in [0.05, 0.1) is 7.11 Å². The largest absolute Gasteiger partial charge is 0.466 e. The third-order valence-corrected chi connectivity index (χ3v) is 8.79. The van der Waals surface area contributed by atoms with Gasteiger partial charge in [0.2, 0.25) is 0 Å². The number of hydrogen-bond acceptors (Lipinski definition) is 3. The van der Waals surface area contributed by atoms with Crippen molar-refractivity contribution in [3.05, 3.63) is 36.5 Å². The zero-order valence-corrected chi connectivity index (χ0v) is 16.9. The molecule has 0 heterocycles. The molecule has 0 amide bonds. The second kappa shape index (κ2) is 10.6. The molecule has 0 aliphatic carbocycles. The molecule has 0 N–H and O–H groups in total. The van der Waals surface area contributed by atoms with Gasteiger partial charge in [-0.1, -0.05) is 51.2 Å². The number of ether oxygens (including phenoxy) is 1. The molecule has 0 aliphatic heterocycles. The second-order valence-electron chi connectivity index (χ2n) is 7.32. The molecule has 0 aromatic rings. The van der Waals surface area contributed by atoms with Crippen LogP contribution in [0.15, 0.2) is 36.5 Å². The van der Waals surface area contributed by atoms with Crippen LogP contribution >= 0.6 is 0 Å². The standard InChI is InChI=1S/C19H34O3Si/c1-17(22-23(6,7)19(2,3)4)15-13-11-9-8-10-12-14-16-18(20)21-5/h8-10,12,14,16-17H,11,13,15H2,1-7H3/b9-8+,12-10+,16-14+/t17-/m1/s1. The van der Waals surface area contributed by atoms with Crippen LogP contribution in [0.5, 0.6) is 0 Å². The molecule has 132 valence electrons. The molecule has 1 atom stereocenters. The highest BCUT2D eigenvalue weighted by Crippen LogP contribution is 2.37. The van der Waals surface area contributed by atoms with Gasteiger partial charge in [0.25, 0.3) is 0 Å². The third kappa shape index (κ3) is 10.3. The summed E-state index contributed by atoms with van der Waals surface area (Å²) >= 11 is 0. The minimum atomic E-state index is -1.65. The molecule has 3 nitrogen and oxygen atoms in total. The molecule has 0 unspecified atom stereocenters. The van der Waals surface area contributed by atoms with E-state index < -0.39 is 8.32 Å². The van der Waals surface area contributed by atoms with E-state index in [1.165, 1.54) is 13.2 Å². The predicted molar refractivity (Wildman–Crippen MR) is 101 cm³/mol. The van der Waals surface area contributed by atoms with Gasteiger partial charge in [0, 0.05) is 12.2 Å². The Hall–Kier alpha value is -1.13. The number of unbranched alkanes of at least 4 members (excludes halogenated alkanes) is 1. The molecule has 0 spiro atoms. The van der Waals surface area contributed by atoms with Gasteiger partial charge < -0.3 is 9.16 Å². The maximum atomic E-state index is 10.8. The summed E-state index contributed by atoms with van der Waals surface area (Å²) in [5, 5.41) is 0.268. The zero-order chi connectivity index (χ0) is 17.9. The Morgan fingerprint density at radius 1 is 1.13 bits per heavy atom. The molecule has 0 bridgehead atoms. The van der Waals surface area contributed by atoms with Crippen LogP contribution < -0.4 is 0 Å². The Labute approximate surface area is 143 Å². The number of carbonyl (C=O) groups excluding carboxylic acids is 1. The van der Waals surface area contributed by atoms with E-state index in [4.69, 9.17) is 4.43 Å². The van der Waals surface area contributed by atoms with Crippen molar-refractivity contribution in [1.29, 1.82) is 0 Å². The fraction of sp³-hybridized carbons (Fsp3) is 0.632. The molecular formula is C19H34O3Si. The van der Waals surface area contributed by atoms with Gasteiger partial charge in [-0.2, -0.15) is 0 Å². The van der Waals surface area contributed by atoms with Crippen LogP contribution in [0.4, 0.5) is 0 Å². The number of methoxy groups -OCH3 is 1. The average molecular weight is 339 g/mol. The first-order chi connectivity index (χ1) is 10.6. The lowest BCUT2D eigenvalue weighted by molar-refractivity contribution is -0.134. The van der Waals surface area contributed by atoms with Gasteiger partial charge in [-0.3, -0.25) is 0 Å². The maximum absolute atomic E-state index is 10.8. The smallest absolute Gasteiger partial charge is 0.330 e. The zero-order valence-electron chi connectivity index (χ0n) is 15.9. The van der Waals surface area contributed by atoms with Crippen LogP contribution in [0.2, 0.25) is 18.1 Å². The minimum Gasteiger partial charge on any atom is -0.466 e. The van der Waals surface area contributed by atoms with Gasteiger partial charge in [0.1, 0.15) is 0 Å². The summed E-state index contributed by atoms with van der Waals surface area (Å²) in [5.41, 5.74) is 0. The van der Waals surface area contributed by atoms with Crippen molar-refractivity contribution >= 4 is 14.3 Å². The van der Waals surface area contributed by atoms with E-state index in [1.807, 2.05) is 18.2 Å². The first-order valence-electron chi connectivity index (χ1n) is 8.36. The number of carbonyl (C=O) groups is 1. The molecule has 0 radical (unpaired) electrons. The lowest BCUT2D eigenvalue weighted by Crippen LogP contribution is -2.43. The Bertz CT molecular complexity index is 428. The molecule has 0 rings (SSSR count). The number of rotatable bonds is 9. The molecule has 0 saturated heterocycles. The van der Waals surface area contributed by atoms with Gasteiger partial charge >= 0.3 is 5.97 Å². The van der Waals surface area contributed by atoms with Crippen molar-refractivity contribution in [3.8, 4) is 0 Å². The summed E-state index contributed by atoms with van der Waals surface area (Å²) in [7, 11) is -0.278. The first kappa shape index (κ1) is 21.9. The summed E-state index contributed by atoms with van der Waals surface area (Å²) < 4.78 is 10.8. The van der Waals surface area contributed by atoms with E-state index in [0.29, 0.717) is 6.10 Å². The minimum absolute atomic E-state index is 0.268. The number of esters is 1. The molecule has 4 heteroatoms. The Morgan fingerprint density at radius 3 is 2.30 bits per heavy atom. The lowest BCUT2D eigenvalue weighted by atomic mass is 10.1. The van der Waals surface area contributed by atoms with Gasteiger partial charge in [-0.25, -0.2) is 4.79 Å². The van der Waals surface area contributed by atoms with E-state index in [1.54, 1.807) is 6.08 Å². The van der Waals surface area contributed by atoms with Crippen molar-refractivity contribution in [2.45, 2.75) is 71.2 Å². The van der Waals surface area contributed by atoms with E-state index in [9.17, 15) is 4.79 Å². The van der Waals surface area contributed by atoms with Gasteiger partial charge in [0.15, 0.2) is 8.32 Å². The van der Waals surface area contributed by atoms with Gasteiger partial charge in [-0.05, 0) is 44.3 Å². The SMILES string of the molecule is COC(=O)/C=C/C=C/C=C/CCC[C@@H](C)O[Si](C)(C)C(C)(C)C. The fourth-order valence-electron chi connectivity index (χ4n) is 1.77. The van der Waals surface area contributed by atoms with E-state index in [-0.39, 0.29) is 11.0 Å². The highest BCUT2D eigenvalue weighted by Gasteiger charge is 2.38. The van der Waals surface area contributed by atoms with E-state index >= 15 is 0 Å². The summed E-state index contributed by atoms with van der Waals surface area (Å²) in [6.07, 6.45) is 14.5. The van der Waals surface area contributed by atoms with Crippen LogP contribution in [0.1, 0.15) is 47.0 Å². The Kier molecular flexibility index (Phi) is 10.1. The van der Waals surface area contributed by atoms with Crippen LogP contribution in [0.25, 0.3) is 0 Å². The first-order valence-corrected chi connectivity index (χ1v) is 11.3. The summed E-state index contributed by atoms with van der Waals surface area (Å²) in [6, 6.07) is 0. The molecular weight excluding hydrogens is 304 g/mol. The van der Waals surface area contributed by atoms with E-state index in [0.717, 1.165) is 19.3 Å². The topological polar surface area (TPSA) is 35.5 Å². The maximum Gasteiger partial charge on any atom is 0.330 e. The molecule has 0 aromatic carbocycles. The molecule has 0 aromatic heterocycles. The van der Waals surface area contributed by atoms with Crippen LogP contribution in [0.3, 0.4) is 0 Å². The molecule has 0 aliphatic rings. The van der Waals surface area contributed by atoms with Crippen LogP contribution in [-0.4, -0.2) is 27.5 Å². The third-order valence-electron chi connectivity index (χ3n) is 4.19. The number of hydrogen-bond donors (Lipinski definition) is 0. The van der Waals surface area contributed by atoms with Crippen molar-refractivity contribution in [2.75, 3.05) is 7.11 Å². The lowest BCUT2D eigenvalue weighted by Gasteiger charge is -2.38. The Morgan fingerprint density at radius 2 is 1.74 bits per heavy atom. The van der Waals surface area contributed by atoms with E-state index in [2.05, 4.69) is 51.6 Å². The molecule has 23 heavy (non-hydrogen) atoms. The summed E-state index contributed by atoms with van der Waals surface area (Å²) in [4.78, 5) is 10.8. The summed E-state index contributed by atoms with van der Waals surface area (Å²) in [6.45, 7) is 13.6. The normalized spacial score (nSPS) is 14.9. The molecule has 0 saturated carbocycles.